The highest BCUT2D eigenvalue weighted by Gasteiger charge is 2.30. The summed E-state index contributed by atoms with van der Waals surface area (Å²) < 4.78 is 0. The lowest BCUT2D eigenvalue weighted by atomic mass is 9.96. The lowest BCUT2D eigenvalue weighted by Crippen LogP contribution is -2.46. The molecule has 0 unspecified atom stereocenters. The number of hydrogen-bond acceptors (Lipinski definition) is 3. The van der Waals surface area contributed by atoms with Gasteiger partial charge in [0, 0.05) is 23.6 Å². The van der Waals surface area contributed by atoms with Crippen LogP contribution in [0.4, 0.5) is 0 Å². The van der Waals surface area contributed by atoms with Gasteiger partial charge in [-0.25, -0.2) is 0 Å². The topological polar surface area (TPSA) is 66.6 Å². The van der Waals surface area contributed by atoms with Crippen LogP contribution in [0.25, 0.3) is 10.9 Å². The first kappa shape index (κ1) is 13.7. The smallest absolute Gasteiger partial charge is 0.0988 e. The summed E-state index contributed by atoms with van der Waals surface area (Å²) in [6.07, 6.45) is 5.63. The predicted molar refractivity (Wildman–Crippen MR) is 81.4 cm³/mol. The Hall–Kier alpha value is -2.30. The van der Waals surface area contributed by atoms with E-state index in [0.29, 0.717) is 0 Å². The van der Waals surface area contributed by atoms with Crippen molar-refractivity contribution in [2.45, 2.75) is 37.8 Å². The first-order valence-electron chi connectivity index (χ1n) is 7.43. The molecule has 0 amide bonds. The first-order valence-corrected chi connectivity index (χ1v) is 7.43. The van der Waals surface area contributed by atoms with E-state index in [9.17, 15) is 10.5 Å². The molecule has 4 nitrogen and oxygen atoms in total. The molecule has 1 aromatic carbocycles. The summed E-state index contributed by atoms with van der Waals surface area (Å²) in [5, 5.41) is 19.8. The number of para-hydroxylation sites is 1. The molecule has 0 saturated carbocycles. The van der Waals surface area contributed by atoms with Gasteiger partial charge in [0.05, 0.1) is 24.2 Å². The molecule has 1 fully saturated rings. The van der Waals surface area contributed by atoms with E-state index in [1.165, 1.54) is 10.9 Å². The van der Waals surface area contributed by atoms with Crippen molar-refractivity contribution in [3.05, 3.63) is 36.0 Å². The van der Waals surface area contributed by atoms with Crippen molar-refractivity contribution in [2.75, 3.05) is 6.54 Å². The van der Waals surface area contributed by atoms with Crippen molar-refractivity contribution < 1.29 is 0 Å². The second kappa shape index (κ2) is 5.99. The number of H-pyrrole nitrogens is 1. The minimum Gasteiger partial charge on any atom is -0.361 e. The van der Waals surface area contributed by atoms with Crippen molar-refractivity contribution in [1.82, 2.24) is 9.88 Å². The molecular weight excluding hydrogens is 260 g/mol. The molecule has 1 N–H and O–H groups in total. The van der Waals surface area contributed by atoms with E-state index in [4.69, 9.17) is 0 Å². The molecule has 0 radical (unpaired) electrons. The number of nitrogens with zero attached hydrogens (tertiary/aromatic N) is 3. The molecule has 1 saturated heterocycles. The maximum absolute atomic E-state index is 9.30. The summed E-state index contributed by atoms with van der Waals surface area (Å²) in [7, 11) is 0. The molecule has 3 rings (SSSR count). The quantitative estimate of drug-likeness (QED) is 0.938. The fraction of sp³-hybridized carbons (Fsp3) is 0.412. The van der Waals surface area contributed by atoms with Crippen molar-refractivity contribution in [2.24, 2.45) is 0 Å². The SMILES string of the molecule is N#C[C@@H]1CCC[C@@H](C#N)N1CCc1c[nH]c2ccccc12. The van der Waals surface area contributed by atoms with Crippen molar-refractivity contribution in [3.63, 3.8) is 0 Å². The second-order valence-electron chi connectivity index (χ2n) is 5.57. The van der Waals surface area contributed by atoms with Gasteiger partial charge in [0.25, 0.3) is 0 Å². The fourth-order valence-corrected chi connectivity index (χ4v) is 3.23. The van der Waals surface area contributed by atoms with E-state index in [1.54, 1.807) is 0 Å². The number of hydrogen-bond donors (Lipinski definition) is 1. The number of likely N-dealkylation sites (tertiary alicyclic amines) is 1. The van der Waals surface area contributed by atoms with Crippen LogP contribution in [0.2, 0.25) is 0 Å². The molecule has 1 aliphatic heterocycles. The van der Waals surface area contributed by atoms with Crippen LogP contribution in [-0.4, -0.2) is 28.5 Å². The van der Waals surface area contributed by atoms with E-state index >= 15 is 0 Å². The van der Waals surface area contributed by atoms with E-state index < -0.39 is 0 Å². The van der Waals surface area contributed by atoms with Crippen molar-refractivity contribution in [1.29, 1.82) is 10.5 Å². The van der Waals surface area contributed by atoms with Gasteiger partial charge in [-0.05, 0) is 37.3 Å². The minimum atomic E-state index is -0.117. The zero-order valence-corrected chi connectivity index (χ0v) is 11.9. The van der Waals surface area contributed by atoms with E-state index in [-0.39, 0.29) is 12.1 Å². The maximum Gasteiger partial charge on any atom is 0.0988 e. The van der Waals surface area contributed by atoms with Crippen molar-refractivity contribution >= 4 is 10.9 Å². The van der Waals surface area contributed by atoms with Crippen LogP contribution < -0.4 is 0 Å². The van der Waals surface area contributed by atoms with Gasteiger partial charge in [0.2, 0.25) is 0 Å². The predicted octanol–water partition coefficient (Wildman–Crippen LogP) is 2.98. The van der Waals surface area contributed by atoms with Gasteiger partial charge in [0.15, 0.2) is 0 Å². The van der Waals surface area contributed by atoms with Gasteiger partial charge in [0.1, 0.15) is 0 Å². The van der Waals surface area contributed by atoms with Crippen LogP contribution in [0.1, 0.15) is 24.8 Å². The summed E-state index contributed by atoms with van der Waals surface area (Å²) in [6, 6.07) is 12.7. The van der Waals surface area contributed by atoms with Crippen molar-refractivity contribution in [3.8, 4) is 12.1 Å². The zero-order valence-electron chi connectivity index (χ0n) is 11.9. The number of nitriles is 2. The van der Waals surface area contributed by atoms with Gasteiger partial charge in [-0.3, -0.25) is 4.90 Å². The van der Waals surface area contributed by atoms with Gasteiger partial charge < -0.3 is 4.98 Å². The van der Waals surface area contributed by atoms with Gasteiger partial charge in [-0.15, -0.1) is 0 Å². The van der Waals surface area contributed by atoms with Crippen LogP contribution in [0.15, 0.2) is 30.5 Å². The molecule has 0 bridgehead atoms. The van der Waals surface area contributed by atoms with Crippen LogP contribution in [0.5, 0.6) is 0 Å². The average molecular weight is 278 g/mol. The van der Waals surface area contributed by atoms with Crippen LogP contribution in [0.3, 0.4) is 0 Å². The molecule has 4 heteroatoms. The van der Waals surface area contributed by atoms with Gasteiger partial charge in [-0.2, -0.15) is 10.5 Å². The van der Waals surface area contributed by atoms with Gasteiger partial charge in [-0.1, -0.05) is 18.2 Å². The molecule has 1 aromatic heterocycles. The molecule has 106 valence electrons. The number of aromatic amines is 1. The monoisotopic (exact) mass is 278 g/mol. The molecule has 0 aliphatic carbocycles. The highest BCUT2D eigenvalue weighted by atomic mass is 15.2. The summed E-state index contributed by atoms with van der Waals surface area (Å²) in [4.78, 5) is 5.35. The summed E-state index contributed by atoms with van der Waals surface area (Å²) in [5.41, 5.74) is 2.39. The molecule has 21 heavy (non-hydrogen) atoms. The lowest BCUT2D eigenvalue weighted by Gasteiger charge is -2.35. The third-order valence-electron chi connectivity index (χ3n) is 4.37. The molecule has 1 aliphatic rings. The molecule has 2 heterocycles. The number of benzene rings is 1. The molecule has 2 atom stereocenters. The third kappa shape index (κ3) is 2.63. The number of rotatable bonds is 3. The average Bonchev–Trinajstić information content (AvgIpc) is 2.95. The van der Waals surface area contributed by atoms with Crippen LogP contribution in [0, 0.1) is 22.7 Å². The standard InChI is InChI=1S/C17H18N4/c18-10-14-4-3-5-15(11-19)21(14)9-8-13-12-20-17-7-2-1-6-16(13)17/h1-2,6-7,12,14-15,20H,3-5,8-9H2/t14-,15-/m0/s1. The van der Waals surface area contributed by atoms with E-state index in [1.807, 2.05) is 18.3 Å². The molecule has 0 spiro atoms. The third-order valence-corrected chi connectivity index (χ3v) is 4.37. The van der Waals surface area contributed by atoms with Crippen LogP contribution in [-0.2, 0) is 6.42 Å². The summed E-state index contributed by atoms with van der Waals surface area (Å²) >= 11 is 0. The Morgan fingerprint density at radius 3 is 2.57 bits per heavy atom. The number of fused-ring (bicyclic) bond motifs is 1. The largest absolute Gasteiger partial charge is 0.361 e. The number of nitrogens with one attached hydrogen (secondary N) is 1. The van der Waals surface area contributed by atoms with E-state index in [0.717, 1.165) is 37.7 Å². The number of aromatic nitrogens is 1. The molecular formula is C17H18N4. The Balaban J connectivity index is 1.76. The Morgan fingerprint density at radius 1 is 1.14 bits per heavy atom. The first-order chi connectivity index (χ1) is 10.3. The summed E-state index contributed by atoms with van der Waals surface area (Å²) in [6.45, 7) is 0.762. The molecule has 2 aromatic rings. The van der Waals surface area contributed by atoms with Gasteiger partial charge >= 0.3 is 0 Å². The highest BCUT2D eigenvalue weighted by molar-refractivity contribution is 5.83. The van der Waals surface area contributed by atoms with E-state index in [2.05, 4.69) is 34.2 Å². The Kier molecular flexibility index (Phi) is 3.90. The van der Waals surface area contributed by atoms with Crippen LogP contribution >= 0.6 is 0 Å². The Labute approximate surface area is 124 Å². The Bertz CT molecular complexity index is 681. The highest BCUT2D eigenvalue weighted by Crippen LogP contribution is 2.24. The second-order valence-corrected chi connectivity index (χ2v) is 5.57. The zero-order chi connectivity index (χ0) is 14.7. The summed E-state index contributed by atoms with van der Waals surface area (Å²) in [5.74, 6) is 0. The Morgan fingerprint density at radius 2 is 1.86 bits per heavy atom. The number of piperidine rings is 1. The normalized spacial score (nSPS) is 22.8. The fourth-order valence-electron chi connectivity index (χ4n) is 3.23. The minimum absolute atomic E-state index is 0.117. The maximum atomic E-state index is 9.30. The lowest BCUT2D eigenvalue weighted by molar-refractivity contribution is 0.147.